The molecule has 1 aliphatic rings. The molecule has 0 radical (unpaired) electrons. The van der Waals surface area contributed by atoms with Crippen molar-refractivity contribution in [3.63, 3.8) is 0 Å². The van der Waals surface area contributed by atoms with Crippen molar-refractivity contribution < 1.29 is 18.6 Å². The Bertz CT molecular complexity index is 689. The number of ether oxygens (including phenoxy) is 1. The third-order valence-corrected chi connectivity index (χ3v) is 4.33. The summed E-state index contributed by atoms with van der Waals surface area (Å²) in [4.78, 5) is 0. The summed E-state index contributed by atoms with van der Waals surface area (Å²) >= 11 is 0. The van der Waals surface area contributed by atoms with Crippen molar-refractivity contribution in [1.29, 1.82) is 0 Å². The maximum atomic E-state index is 13.5. The fourth-order valence-electron chi connectivity index (χ4n) is 2.77. The van der Waals surface area contributed by atoms with Crippen LogP contribution in [0.15, 0.2) is 48.5 Å². The molecule has 1 saturated carbocycles. The molecule has 24 heavy (non-hydrogen) atoms. The molecule has 2 N–H and O–H groups in total. The van der Waals surface area contributed by atoms with Crippen molar-refractivity contribution in [3.05, 3.63) is 71.3 Å². The molecule has 0 spiro atoms. The molecular formula is C19H21F2NO2. The van der Waals surface area contributed by atoms with Crippen LogP contribution >= 0.6 is 0 Å². The standard InChI is InChI=1S/C19H21F2NO2/c20-16-6-3-5-15(10-16)19(8-9-19)22-11-17(23)13-24-12-14-4-1-2-7-18(14)21/h1-7,10,17,22-23H,8-9,11-13H2. The van der Waals surface area contributed by atoms with Gasteiger partial charge in [-0.15, -0.1) is 0 Å². The Balaban J connectivity index is 1.44. The van der Waals surface area contributed by atoms with E-state index in [-0.39, 0.29) is 30.4 Å². The summed E-state index contributed by atoms with van der Waals surface area (Å²) in [6.07, 6.45) is 1.13. The fourth-order valence-corrected chi connectivity index (χ4v) is 2.77. The van der Waals surface area contributed by atoms with Crippen molar-refractivity contribution in [1.82, 2.24) is 5.32 Å². The first-order valence-electron chi connectivity index (χ1n) is 8.09. The van der Waals surface area contributed by atoms with E-state index >= 15 is 0 Å². The molecule has 128 valence electrons. The molecule has 0 bridgehead atoms. The molecule has 1 atom stereocenters. The number of hydrogen-bond donors (Lipinski definition) is 2. The third kappa shape index (κ3) is 4.17. The highest BCUT2D eigenvalue weighted by molar-refractivity contribution is 5.30. The van der Waals surface area contributed by atoms with Crippen LogP contribution in [-0.2, 0) is 16.9 Å². The van der Waals surface area contributed by atoms with E-state index in [4.69, 9.17) is 4.74 Å². The van der Waals surface area contributed by atoms with Crippen molar-refractivity contribution in [2.24, 2.45) is 0 Å². The Morgan fingerprint density at radius 2 is 1.92 bits per heavy atom. The minimum atomic E-state index is -0.706. The molecule has 3 nitrogen and oxygen atoms in total. The van der Waals surface area contributed by atoms with E-state index < -0.39 is 6.10 Å². The molecule has 3 rings (SSSR count). The van der Waals surface area contributed by atoms with E-state index in [1.54, 1.807) is 24.3 Å². The summed E-state index contributed by atoms with van der Waals surface area (Å²) < 4.78 is 32.2. The van der Waals surface area contributed by atoms with Gasteiger partial charge in [0.15, 0.2) is 0 Å². The Morgan fingerprint density at radius 1 is 1.12 bits per heavy atom. The Kier molecular flexibility index (Phi) is 5.23. The van der Waals surface area contributed by atoms with Gasteiger partial charge < -0.3 is 15.2 Å². The third-order valence-electron chi connectivity index (χ3n) is 4.33. The zero-order valence-corrected chi connectivity index (χ0v) is 13.3. The van der Waals surface area contributed by atoms with Crippen LogP contribution in [-0.4, -0.2) is 24.4 Å². The number of halogens is 2. The predicted octanol–water partition coefficient (Wildman–Crippen LogP) is 3.12. The molecule has 0 amide bonds. The van der Waals surface area contributed by atoms with Crippen molar-refractivity contribution in [3.8, 4) is 0 Å². The molecule has 2 aromatic carbocycles. The Hall–Kier alpha value is -1.82. The van der Waals surface area contributed by atoms with E-state index in [2.05, 4.69) is 5.32 Å². The smallest absolute Gasteiger partial charge is 0.128 e. The quantitative estimate of drug-likeness (QED) is 0.780. The zero-order valence-electron chi connectivity index (χ0n) is 13.3. The molecule has 0 saturated heterocycles. The number of benzene rings is 2. The number of aliphatic hydroxyl groups is 1. The second-order valence-corrected chi connectivity index (χ2v) is 6.23. The van der Waals surface area contributed by atoms with Crippen LogP contribution in [0, 0.1) is 11.6 Å². The monoisotopic (exact) mass is 333 g/mol. The van der Waals surface area contributed by atoms with E-state index in [0.29, 0.717) is 12.1 Å². The van der Waals surface area contributed by atoms with E-state index in [9.17, 15) is 13.9 Å². The molecule has 0 aromatic heterocycles. The van der Waals surface area contributed by atoms with Gasteiger partial charge in [0, 0.05) is 17.6 Å². The minimum Gasteiger partial charge on any atom is -0.389 e. The van der Waals surface area contributed by atoms with Gasteiger partial charge in [-0.05, 0) is 36.6 Å². The van der Waals surface area contributed by atoms with Crippen LogP contribution in [0.25, 0.3) is 0 Å². The van der Waals surface area contributed by atoms with Crippen LogP contribution < -0.4 is 5.32 Å². The molecule has 1 aliphatic carbocycles. The lowest BCUT2D eigenvalue weighted by Gasteiger charge is -2.20. The van der Waals surface area contributed by atoms with Gasteiger partial charge in [-0.1, -0.05) is 30.3 Å². The fraction of sp³-hybridized carbons (Fsp3) is 0.368. The molecule has 1 fully saturated rings. The van der Waals surface area contributed by atoms with E-state index in [1.165, 1.54) is 18.2 Å². The summed E-state index contributed by atoms with van der Waals surface area (Å²) in [6, 6.07) is 12.9. The second-order valence-electron chi connectivity index (χ2n) is 6.23. The van der Waals surface area contributed by atoms with Gasteiger partial charge in [0.05, 0.1) is 19.3 Å². The normalized spacial score (nSPS) is 16.8. The molecule has 0 heterocycles. The van der Waals surface area contributed by atoms with Gasteiger partial charge in [-0.3, -0.25) is 0 Å². The van der Waals surface area contributed by atoms with Gasteiger partial charge in [0.2, 0.25) is 0 Å². The first-order valence-corrected chi connectivity index (χ1v) is 8.09. The van der Waals surface area contributed by atoms with E-state index in [0.717, 1.165) is 18.4 Å². The van der Waals surface area contributed by atoms with Crippen LogP contribution in [0.5, 0.6) is 0 Å². The average molecular weight is 333 g/mol. The molecule has 1 unspecified atom stereocenters. The molecular weight excluding hydrogens is 312 g/mol. The highest BCUT2D eigenvalue weighted by Gasteiger charge is 2.44. The average Bonchev–Trinajstić information content (AvgIpc) is 3.36. The first-order chi connectivity index (χ1) is 11.6. The van der Waals surface area contributed by atoms with Gasteiger partial charge >= 0.3 is 0 Å². The maximum Gasteiger partial charge on any atom is 0.128 e. The van der Waals surface area contributed by atoms with Gasteiger partial charge in [-0.25, -0.2) is 8.78 Å². The van der Waals surface area contributed by atoms with Crippen LogP contribution in [0.3, 0.4) is 0 Å². The van der Waals surface area contributed by atoms with Crippen LogP contribution in [0.4, 0.5) is 8.78 Å². The topological polar surface area (TPSA) is 41.5 Å². The predicted molar refractivity (Wildman–Crippen MR) is 87.4 cm³/mol. The van der Waals surface area contributed by atoms with Gasteiger partial charge in [0.25, 0.3) is 0 Å². The van der Waals surface area contributed by atoms with Crippen molar-refractivity contribution >= 4 is 0 Å². The zero-order chi connectivity index (χ0) is 17.0. The number of rotatable bonds is 8. The first kappa shape index (κ1) is 17.0. The van der Waals surface area contributed by atoms with E-state index in [1.807, 2.05) is 6.07 Å². The Labute approximate surface area is 140 Å². The lowest BCUT2D eigenvalue weighted by molar-refractivity contribution is 0.0261. The van der Waals surface area contributed by atoms with Gasteiger partial charge in [0.1, 0.15) is 11.6 Å². The second kappa shape index (κ2) is 7.38. The minimum absolute atomic E-state index is 0.112. The summed E-state index contributed by atoms with van der Waals surface area (Å²) in [7, 11) is 0. The molecule has 0 aliphatic heterocycles. The molecule has 5 heteroatoms. The summed E-state index contributed by atoms with van der Waals surface area (Å²) in [5.41, 5.74) is 1.13. The van der Waals surface area contributed by atoms with Crippen molar-refractivity contribution in [2.45, 2.75) is 31.1 Å². The lowest BCUT2D eigenvalue weighted by atomic mass is 10.0. The highest BCUT2D eigenvalue weighted by Crippen LogP contribution is 2.45. The summed E-state index contributed by atoms with van der Waals surface area (Å²) in [5.74, 6) is -0.567. The molecule has 2 aromatic rings. The Morgan fingerprint density at radius 3 is 2.62 bits per heavy atom. The van der Waals surface area contributed by atoms with Crippen molar-refractivity contribution in [2.75, 3.05) is 13.2 Å². The summed E-state index contributed by atoms with van der Waals surface area (Å²) in [6.45, 7) is 0.577. The highest BCUT2D eigenvalue weighted by atomic mass is 19.1. The number of nitrogens with one attached hydrogen (secondary N) is 1. The van der Waals surface area contributed by atoms with Gasteiger partial charge in [-0.2, -0.15) is 0 Å². The summed E-state index contributed by atoms with van der Waals surface area (Å²) in [5, 5.41) is 13.3. The van der Waals surface area contributed by atoms with Crippen LogP contribution in [0.2, 0.25) is 0 Å². The number of hydrogen-bond acceptors (Lipinski definition) is 3. The largest absolute Gasteiger partial charge is 0.389 e. The maximum absolute atomic E-state index is 13.5. The number of aliphatic hydroxyl groups excluding tert-OH is 1. The SMILES string of the molecule is OC(CNC1(c2cccc(F)c2)CC1)COCc1ccccc1F. The van der Waals surface area contributed by atoms with Crippen LogP contribution in [0.1, 0.15) is 24.0 Å². The lowest BCUT2D eigenvalue weighted by Crippen LogP contribution is -2.37.